The number of nitrogens with one attached hydrogen (secondary N) is 1. The molecule has 1 fully saturated rings. The van der Waals surface area contributed by atoms with Crippen molar-refractivity contribution in [1.29, 1.82) is 0 Å². The molecule has 118 valence electrons. The zero-order valence-electron chi connectivity index (χ0n) is 13.2. The molecule has 1 aliphatic carbocycles. The van der Waals surface area contributed by atoms with Crippen molar-refractivity contribution in [1.82, 2.24) is 10.3 Å². The lowest BCUT2D eigenvalue weighted by atomic mass is 9.64. The van der Waals surface area contributed by atoms with Gasteiger partial charge in [0.15, 0.2) is 0 Å². The first kappa shape index (κ1) is 14.8. The van der Waals surface area contributed by atoms with Crippen LogP contribution in [-0.2, 0) is 16.6 Å². The van der Waals surface area contributed by atoms with Gasteiger partial charge < -0.3 is 5.32 Å². The molecule has 1 saturated heterocycles. The molecule has 1 amide bonds. The number of hydrogen-bond donors (Lipinski definition) is 1. The van der Waals surface area contributed by atoms with Crippen molar-refractivity contribution < 1.29 is 4.79 Å². The van der Waals surface area contributed by atoms with Gasteiger partial charge in [-0.3, -0.25) is 9.78 Å². The number of aryl methyl sites for hydroxylation is 1. The van der Waals surface area contributed by atoms with Gasteiger partial charge in [-0.05, 0) is 54.7 Å². The fraction of sp³-hybridized carbons (Fsp3) is 0.368. The number of pyridine rings is 1. The number of carbonyl (C=O) groups excluding carboxylic acids is 1. The molecule has 1 aromatic heterocycles. The van der Waals surface area contributed by atoms with E-state index in [0.717, 1.165) is 19.3 Å². The molecule has 2 atom stereocenters. The van der Waals surface area contributed by atoms with E-state index in [-0.39, 0.29) is 17.4 Å². The highest BCUT2D eigenvalue weighted by atomic mass is 32.2. The zero-order chi connectivity index (χ0) is 15.9. The molecule has 1 N–H and O–H groups in total. The molecule has 3 nitrogen and oxygen atoms in total. The van der Waals surface area contributed by atoms with Crippen LogP contribution in [0.3, 0.4) is 0 Å². The van der Waals surface area contributed by atoms with Crippen LogP contribution in [0.1, 0.15) is 37.3 Å². The van der Waals surface area contributed by atoms with Crippen molar-refractivity contribution >= 4 is 17.7 Å². The molecule has 0 radical (unpaired) electrons. The third kappa shape index (κ3) is 2.65. The maximum atomic E-state index is 11.7. The minimum absolute atomic E-state index is 0.0847. The van der Waals surface area contributed by atoms with E-state index in [2.05, 4.69) is 35.4 Å². The molecule has 2 heterocycles. The topological polar surface area (TPSA) is 42.0 Å². The monoisotopic (exact) mass is 324 g/mol. The Morgan fingerprint density at radius 2 is 2.00 bits per heavy atom. The number of piperidine rings is 1. The Bertz CT molecular complexity index is 746. The average molecular weight is 324 g/mol. The third-order valence-electron chi connectivity index (χ3n) is 5.26. The third-order valence-corrected chi connectivity index (χ3v) is 6.25. The summed E-state index contributed by atoms with van der Waals surface area (Å²) in [6.07, 6.45) is 7.33. The summed E-state index contributed by atoms with van der Waals surface area (Å²) in [5, 5.41) is 3.20. The lowest BCUT2D eigenvalue weighted by Crippen LogP contribution is -2.55. The minimum Gasteiger partial charge on any atom is -0.352 e. The second-order valence-electron chi connectivity index (χ2n) is 6.68. The molecular formula is C19H20N2OS. The molecule has 0 bridgehead atoms. The van der Waals surface area contributed by atoms with E-state index in [1.54, 1.807) is 11.8 Å². The first-order valence-corrected chi connectivity index (χ1v) is 8.97. The average Bonchev–Trinajstić information content (AvgIpc) is 2.56. The van der Waals surface area contributed by atoms with E-state index in [1.165, 1.54) is 20.9 Å². The number of carbonyl (C=O) groups is 1. The number of fused-ring (bicyclic) bond motifs is 3. The molecule has 1 aromatic carbocycles. The van der Waals surface area contributed by atoms with Gasteiger partial charge in [-0.25, -0.2) is 0 Å². The van der Waals surface area contributed by atoms with E-state index in [1.807, 2.05) is 24.5 Å². The van der Waals surface area contributed by atoms with Gasteiger partial charge in [-0.2, -0.15) is 0 Å². The lowest BCUT2D eigenvalue weighted by Gasteiger charge is -2.46. The first-order chi connectivity index (χ1) is 11.1. The summed E-state index contributed by atoms with van der Waals surface area (Å²) in [4.78, 5) is 18.3. The molecule has 1 aliphatic heterocycles. The maximum absolute atomic E-state index is 11.7. The quantitative estimate of drug-likeness (QED) is 0.915. The molecule has 2 aromatic rings. The smallest absolute Gasteiger partial charge is 0.220 e. The van der Waals surface area contributed by atoms with Gasteiger partial charge in [0.25, 0.3) is 0 Å². The van der Waals surface area contributed by atoms with Crippen molar-refractivity contribution in [2.75, 3.05) is 0 Å². The standard InChI is InChI=1S/C19H20N2OS/c1-19-9-6-18(22)21-17(19)5-2-13-12-15(3-4-16(13)19)23-14-7-10-20-11-8-14/h3-4,7-8,10-12,17H,2,5-6,9H2,1H3,(H,21,22)/t17-,19-/m1/s1. The number of amides is 1. The van der Waals surface area contributed by atoms with Crippen molar-refractivity contribution in [3.8, 4) is 0 Å². The molecule has 4 heteroatoms. The van der Waals surface area contributed by atoms with Gasteiger partial charge in [0, 0.05) is 40.1 Å². The number of benzene rings is 1. The van der Waals surface area contributed by atoms with Crippen LogP contribution >= 0.6 is 11.8 Å². The largest absolute Gasteiger partial charge is 0.352 e. The zero-order valence-corrected chi connectivity index (χ0v) is 14.0. The second kappa shape index (κ2) is 5.68. The fourth-order valence-electron chi connectivity index (χ4n) is 3.93. The van der Waals surface area contributed by atoms with Gasteiger partial charge in [0.2, 0.25) is 5.91 Å². The van der Waals surface area contributed by atoms with E-state index in [4.69, 9.17) is 0 Å². The Hall–Kier alpha value is -1.81. The highest BCUT2D eigenvalue weighted by molar-refractivity contribution is 7.99. The molecule has 4 rings (SSSR count). The van der Waals surface area contributed by atoms with Crippen LogP contribution < -0.4 is 5.32 Å². The number of nitrogens with zero attached hydrogens (tertiary/aromatic N) is 1. The van der Waals surface area contributed by atoms with Crippen molar-refractivity contribution in [2.45, 2.75) is 53.9 Å². The predicted molar refractivity (Wildman–Crippen MR) is 91.6 cm³/mol. The van der Waals surface area contributed by atoms with Gasteiger partial charge in [0.05, 0.1) is 0 Å². The van der Waals surface area contributed by atoms with Gasteiger partial charge in [-0.1, -0.05) is 24.8 Å². The van der Waals surface area contributed by atoms with Crippen LogP contribution in [0.4, 0.5) is 0 Å². The van der Waals surface area contributed by atoms with Crippen LogP contribution in [0.2, 0.25) is 0 Å². The number of aromatic nitrogens is 1. The Morgan fingerprint density at radius 1 is 1.17 bits per heavy atom. The molecule has 2 aliphatic rings. The summed E-state index contributed by atoms with van der Waals surface area (Å²) in [5.74, 6) is 0.209. The molecule has 0 spiro atoms. The van der Waals surface area contributed by atoms with E-state index in [0.29, 0.717) is 6.42 Å². The Balaban J connectivity index is 1.64. The SMILES string of the molecule is C[C@]12CCC(=O)N[C@@H]1CCc1cc(Sc3ccncc3)ccc12. The molecule has 0 unspecified atom stereocenters. The Labute approximate surface area is 140 Å². The van der Waals surface area contributed by atoms with Crippen molar-refractivity contribution in [3.05, 3.63) is 53.9 Å². The fourth-order valence-corrected chi connectivity index (χ4v) is 4.79. The van der Waals surface area contributed by atoms with E-state index < -0.39 is 0 Å². The highest BCUT2D eigenvalue weighted by Crippen LogP contribution is 2.44. The minimum atomic E-state index is 0.0847. The maximum Gasteiger partial charge on any atom is 0.220 e. The van der Waals surface area contributed by atoms with Crippen molar-refractivity contribution in [2.24, 2.45) is 0 Å². The first-order valence-electron chi connectivity index (χ1n) is 8.16. The predicted octanol–water partition coefficient (Wildman–Crippen LogP) is 3.72. The summed E-state index contributed by atoms with van der Waals surface area (Å²) in [6, 6.07) is 11.2. The van der Waals surface area contributed by atoms with Crippen LogP contribution in [-0.4, -0.2) is 16.9 Å². The highest BCUT2D eigenvalue weighted by Gasteiger charge is 2.43. The van der Waals surface area contributed by atoms with Gasteiger partial charge >= 0.3 is 0 Å². The summed E-state index contributed by atoms with van der Waals surface area (Å²) in [7, 11) is 0. The van der Waals surface area contributed by atoms with Crippen molar-refractivity contribution in [3.63, 3.8) is 0 Å². The summed E-state index contributed by atoms with van der Waals surface area (Å²) < 4.78 is 0. The van der Waals surface area contributed by atoms with E-state index >= 15 is 0 Å². The summed E-state index contributed by atoms with van der Waals surface area (Å²) in [5.41, 5.74) is 2.95. The van der Waals surface area contributed by atoms with Crippen LogP contribution in [0.15, 0.2) is 52.5 Å². The van der Waals surface area contributed by atoms with E-state index in [9.17, 15) is 4.79 Å². The second-order valence-corrected chi connectivity index (χ2v) is 7.83. The Morgan fingerprint density at radius 3 is 2.83 bits per heavy atom. The molecule has 23 heavy (non-hydrogen) atoms. The van der Waals surface area contributed by atoms with Gasteiger partial charge in [-0.15, -0.1) is 0 Å². The number of rotatable bonds is 2. The molecular weight excluding hydrogens is 304 g/mol. The van der Waals surface area contributed by atoms with Crippen LogP contribution in [0, 0.1) is 0 Å². The molecule has 0 saturated carbocycles. The summed E-state index contributed by atoms with van der Waals surface area (Å²) in [6.45, 7) is 2.31. The van der Waals surface area contributed by atoms with Crippen LogP contribution in [0.5, 0.6) is 0 Å². The van der Waals surface area contributed by atoms with Gasteiger partial charge in [0.1, 0.15) is 0 Å². The summed E-state index contributed by atoms with van der Waals surface area (Å²) >= 11 is 1.78. The number of hydrogen-bond acceptors (Lipinski definition) is 3. The van der Waals surface area contributed by atoms with Crippen LogP contribution in [0.25, 0.3) is 0 Å². The normalized spacial score (nSPS) is 26.1. The Kier molecular flexibility index (Phi) is 3.64. The lowest BCUT2D eigenvalue weighted by molar-refractivity contribution is -0.125.